The molecule has 0 saturated heterocycles. The predicted molar refractivity (Wildman–Crippen MR) is 213 cm³/mol. The molecule has 238 valence electrons. The van der Waals surface area contributed by atoms with Crippen LogP contribution in [0.15, 0.2) is 180 Å². The van der Waals surface area contributed by atoms with E-state index in [-0.39, 0.29) is 5.41 Å². The third kappa shape index (κ3) is 4.43. The third-order valence-corrected chi connectivity index (χ3v) is 11.7. The molecule has 10 rings (SSSR count). The highest BCUT2D eigenvalue weighted by atomic mass is 32.2. The molecule has 1 heterocycles. The summed E-state index contributed by atoms with van der Waals surface area (Å²) in [6.07, 6.45) is 0. The van der Waals surface area contributed by atoms with Gasteiger partial charge in [-0.1, -0.05) is 129 Å². The molecule has 2 aliphatic rings. The maximum atomic E-state index is 2.44. The Morgan fingerprint density at radius 1 is 0.480 bits per heavy atom. The molecule has 0 fully saturated rings. The Kier molecular flexibility index (Phi) is 6.49. The summed E-state index contributed by atoms with van der Waals surface area (Å²) in [4.78, 5) is 7.44. The van der Waals surface area contributed by atoms with Crippen molar-refractivity contribution in [3.8, 4) is 11.1 Å². The Hall–Kier alpha value is -5.77. The summed E-state index contributed by atoms with van der Waals surface area (Å²) in [6.45, 7) is 4.77. The lowest BCUT2D eigenvalue weighted by atomic mass is 9.82. The van der Waals surface area contributed by atoms with Crippen LogP contribution in [0.3, 0.4) is 0 Å². The first kappa shape index (κ1) is 29.2. The third-order valence-electron chi connectivity index (χ3n) is 10.6. The number of fused-ring (bicyclic) bond motifs is 7. The van der Waals surface area contributed by atoms with Crippen molar-refractivity contribution < 1.29 is 0 Å². The zero-order chi connectivity index (χ0) is 33.4. The fourth-order valence-corrected chi connectivity index (χ4v) is 9.18. The molecule has 0 amide bonds. The number of para-hydroxylation sites is 2. The molecule has 2 nitrogen and oxygen atoms in total. The molecule has 8 aromatic carbocycles. The summed E-state index contributed by atoms with van der Waals surface area (Å²) in [5.41, 5.74) is 12.3. The van der Waals surface area contributed by atoms with Crippen LogP contribution in [-0.2, 0) is 5.41 Å². The second-order valence-corrected chi connectivity index (χ2v) is 14.9. The van der Waals surface area contributed by atoms with Gasteiger partial charge in [0.05, 0.1) is 17.1 Å². The molecule has 1 aliphatic heterocycles. The van der Waals surface area contributed by atoms with Crippen molar-refractivity contribution >= 4 is 67.4 Å². The van der Waals surface area contributed by atoms with E-state index in [1.54, 1.807) is 0 Å². The second kappa shape index (κ2) is 11.1. The Balaban J connectivity index is 1.12. The summed E-state index contributed by atoms with van der Waals surface area (Å²) >= 11 is 1.85. The molecule has 0 aromatic heterocycles. The van der Waals surface area contributed by atoms with Crippen LogP contribution in [0.5, 0.6) is 0 Å². The van der Waals surface area contributed by atoms with Gasteiger partial charge in [0.1, 0.15) is 0 Å². The van der Waals surface area contributed by atoms with Crippen molar-refractivity contribution in [3.63, 3.8) is 0 Å². The van der Waals surface area contributed by atoms with E-state index < -0.39 is 0 Å². The normalized spacial score (nSPS) is 13.8. The van der Waals surface area contributed by atoms with Gasteiger partial charge < -0.3 is 9.80 Å². The molecule has 1 aliphatic carbocycles. The first-order valence-electron chi connectivity index (χ1n) is 17.3. The van der Waals surface area contributed by atoms with Crippen molar-refractivity contribution in [2.24, 2.45) is 0 Å². The predicted octanol–water partition coefficient (Wildman–Crippen LogP) is 13.7. The van der Waals surface area contributed by atoms with Crippen LogP contribution in [0.1, 0.15) is 25.0 Å². The maximum absolute atomic E-state index is 2.44. The molecular formula is C47H34N2S. The van der Waals surface area contributed by atoms with Gasteiger partial charge in [0.2, 0.25) is 0 Å². The number of hydrogen-bond acceptors (Lipinski definition) is 3. The number of hydrogen-bond donors (Lipinski definition) is 0. The maximum Gasteiger partial charge on any atom is 0.0601 e. The van der Waals surface area contributed by atoms with Gasteiger partial charge in [-0.25, -0.2) is 0 Å². The lowest BCUT2D eigenvalue weighted by molar-refractivity contribution is 0.660. The minimum absolute atomic E-state index is 0.200. The number of nitrogens with zero attached hydrogens (tertiary/aromatic N) is 2. The minimum Gasteiger partial charge on any atom is -0.310 e. The topological polar surface area (TPSA) is 6.48 Å². The van der Waals surface area contributed by atoms with Crippen LogP contribution in [-0.4, -0.2) is 0 Å². The van der Waals surface area contributed by atoms with Crippen LogP contribution in [0.4, 0.5) is 34.1 Å². The van der Waals surface area contributed by atoms with Gasteiger partial charge in [-0.05, 0) is 105 Å². The molecule has 8 aromatic rings. The summed E-state index contributed by atoms with van der Waals surface area (Å²) in [6, 6.07) is 62.5. The van der Waals surface area contributed by atoms with Crippen LogP contribution in [0.25, 0.3) is 32.7 Å². The van der Waals surface area contributed by atoms with E-state index >= 15 is 0 Å². The van der Waals surface area contributed by atoms with E-state index in [1.807, 2.05) is 11.8 Å². The Bertz CT molecular complexity index is 2590. The molecule has 0 saturated carbocycles. The zero-order valence-electron chi connectivity index (χ0n) is 28.0. The summed E-state index contributed by atoms with van der Waals surface area (Å²) in [5, 5.41) is 4.94. The van der Waals surface area contributed by atoms with Crippen molar-refractivity contribution in [2.45, 2.75) is 29.1 Å². The van der Waals surface area contributed by atoms with Gasteiger partial charge >= 0.3 is 0 Å². The van der Waals surface area contributed by atoms with E-state index in [0.717, 1.165) is 11.4 Å². The standard InChI is InChI=1S/C47H34N2S/c1-47(2)40-29-35(48(34-23-22-31-12-3-4-14-33(31)28-34)42-19-11-15-32-13-5-6-16-37(32)42)24-26-38(40)39-27-25-36(30-41(39)47)49-43-17-7-9-20-45(43)50-46-21-10-8-18-44(46)49/h3-30H,1-2H3. The zero-order valence-corrected chi connectivity index (χ0v) is 28.8. The van der Waals surface area contributed by atoms with Gasteiger partial charge in [-0.2, -0.15) is 0 Å². The SMILES string of the molecule is CC1(C)c2cc(N3c4ccccc4Sc4ccccc43)ccc2-c2ccc(N(c3ccc4ccccc4c3)c3cccc4ccccc34)cc21. The minimum atomic E-state index is -0.200. The lowest BCUT2D eigenvalue weighted by Gasteiger charge is -2.33. The molecular weight excluding hydrogens is 625 g/mol. The quantitative estimate of drug-likeness (QED) is 0.186. The van der Waals surface area contributed by atoms with E-state index in [4.69, 9.17) is 0 Å². The van der Waals surface area contributed by atoms with Crippen molar-refractivity contribution in [1.29, 1.82) is 0 Å². The molecule has 0 radical (unpaired) electrons. The highest BCUT2D eigenvalue weighted by Gasteiger charge is 2.37. The van der Waals surface area contributed by atoms with Crippen molar-refractivity contribution in [3.05, 3.63) is 181 Å². The van der Waals surface area contributed by atoms with E-state index in [9.17, 15) is 0 Å². The molecule has 50 heavy (non-hydrogen) atoms. The van der Waals surface area contributed by atoms with E-state index in [2.05, 4.69) is 194 Å². The second-order valence-electron chi connectivity index (χ2n) is 13.8. The lowest BCUT2D eigenvalue weighted by Crippen LogP contribution is -2.18. The smallest absolute Gasteiger partial charge is 0.0601 e. The number of benzene rings is 8. The van der Waals surface area contributed by atoms with Gasteiger partial charge in [0.25, 0.3) is 0 Å². The summed E-state index contributed by atoms with van der Waals surface area (Å²) in [7, 11) is 0. The van der Waals surface area contributed by atoms with E-state index in [0.29, 0.717) is 0 Å². The fourth-order valence-electron chi connectivity index (χ4n) is 8.12. The molecule has 0 bridgehead atoms. The largest absolute Gasteiger partial charge is 0.310 e. The molecule has 0 atom stereocenters. The van der Waals surface area contributed by atoms with Gasteiger partial charge in [0, 0.05) is 37.7 Å². The van der Waals surface area contributed by atoms with Crippen molar-refractivity contribution in [1.82, 2.24) is 0 Å². The van der Waals surface area contributed by atoms with Crippen LogP contribution < -0.4 is 9.80 Å². The fraction of sp³-hybridized carbons (Fsp3) is 0.0638. The van der Waals surface area contributed by atoms with E-state index in [1.165, 1.54) is 76.3 Å². The molecule has 0 unspecified atom stereocenters. The monoisotopic (exact) mass is 658 g/mol. The number of anilines is 6. The molecule has 3 heteroatoms. The highest BCUT2D eigenvalue weighted by molar-refractivity contribution is 7.99. The summed E-state index contributed by atoms with van der Waals surface area (Å²) < 4.78 is 0. The average Bonchev–Trinajstić information content (AvgIpc) is 3.39. The molecule has 0 N–H and O–H groups in total. The van der Waals surface area contributed by atoms with Crippen LogP contribution in [0, 0.1) is 0 Å². The first-order valence-corrected chi connectivity index (χ1v) is 18.1. The van der Waals surface area contributed by atoms with Crippen LogP contribution in [0.2, 0.25) is 0 Å². The highest BCUT2D eigenvalue weighted by Crippen LogP contribution is 2.55. The Labute approximate surface area is 297 Å². The first-order chi connectivity index (χ1) is 24.5. The van der Waals surface area contributed by atoms with Crippen LogP contribution >= 0.6 is 11.8 Å². The summed E-state index contributed by atoms with van der Waals surface area (Å²) in [5.74, 6) is 0. The molecule has 0 spiro atoms. The van der Waals surface area contributed by atoms with Gasteiger partial charge in [0.15, 0.2) is 0 Å². The van der Waals surface area contributed by atoms with Crippen molar-refractivity contribution in [2.75, 3.05) is 9.80 Å². The average molecular weight is 659 g/mol. The van der Waals surface area contributed by atoms with Gasteiger partial charge in [-0.3, -0.25) is 0 Å². The Morgan fingerprint density at radius 2 is 1.06 bits per heavy atom. The number of rotatable bonds is 4. The van der Waals surface area contributed by atoms with Gasteiger partial charge in [-0.15, -0.1) is 0 Å². The Morgan fingerprint density at radius 3 is 1.84 bits per heavy atom.